The molecule has 0 aromatic heterocycles. The van der Waals surface area contributed by atoms with Crippen molar-refractivity contribution in [2.75, 3.05) is 5.73 Å². The Morgan fingerprint density at radius 2 is 2.15 bits per heavy atom. The first-order valence-corrected chi connectivity index (χ1v) is 7.77. The van der Waals surface area contributed by atoms with E-state index in [4.69, 9.17) is 5.73 Å². The van der Waals surface area contributed by atoms with Gasteiger partial charge in [0.2, 0.25) is 5.91 Å². The molecule has 3 nitrogen and oxygen atoms in total. The standard InChI is InChI=1S/C17H24N2O/c1-11(15-4-2-3-5-16(15)18)19-17(20)10-14-9-12-6-7-13(14)8-12/h2-5,11-14H,6-10,18H2,1H3,(H,19,20). The third kappa shape index (κ3) is 2.67. The Labute approximate surface area is 120 Å². The van der Waals surface area contributed by atoms with Crippen LogP contribution in [0.4, 0.5) is 5.69 Å². The number of nitrogen functional groups attached to an aromatic ring is 1. The number of carbonyl (C=O) groups is 1. The molecule has 4 atom stereocenters. The summed E-state index contributed by atoms with van der Waals surface area (Å²) in [6, 6.07) is 7.74. The van der Waals surface area contributed by atoms with Gasteiger partial charge in [-0.3, -0.25) is 4.79 Å². The fourth-order valence-electron chi connectivity index (χ4n) is 4.15. The summed E-state index contributed by atoms with van der Waals surface area (Å²) in [5.41, 5.74) is 7.72. The monoisotopic (exact) mass is 272 g/mol. The molecule has 3 heteroatoms. The number of carbonyl (C=O) groups excluding carboxylic acids is 1. The van der Waals surface area contributed by atoms with E-state index in [1.165, 1.54) is 25.7 Å². The number of fused-ring (bicyclic) bond motifs is 2. The Morgan fingerprint density at radius 3 is 2.80 bits per heavy atom. The summed E-state index contributed by atoms with van der Waals surface area (Å²) in [7, 11) is 0. The van der Waals surface area contributed by atoms with Crippen LogP contribution in [0.3, 0.4) is 0 Å². The molecule has 2 fully saturated rings. The zero-order chi connectivity index (χ0) is 14.1. The molecule has 2 aliphatic carbocycles. The minimum Gasteiger partial charge on any atom is -0.398 e. The van der Waals surface area contributed by atoms with Crippen LogP contribution in [0.5, 0.6) is 0 Å². The molecule has 108 valence electrons. The molecule has 1 amide bonds. The third-order valence-electron chi connectivity index (χ3n) is 5.17. The lowest BCUT2D eigenvalue weighted by Gasteiger charge is -2.22. The third-order valence-corrected chi connectivity index (χ3v) is 5.17. The van der Waals surface area contributed by atoms with Gasteiger partial charge in [-0.2, -0.15) is 0 Å². The topological polar surface area (TPSA) is 55.1 Å². The van der Waals surface area contributed by atoms with Gasteiger partial charge < -0.3 is 11.1 Å². The van der Waals surface area contributed by atoms with Gasteiger partial charge in [0.1, 0.15) is 0 Å². The van der Waals surface area contributed by atoms with Crippen LogP contribution in [-0.2, 0) is 4.79 Å². The molecule has 0 saturated heterocycles. The van der Waals surface area contributed by atoms with Crippen LogP contribution in [0.15, 0.2) is 24.3 Å². The van der Waals surface area contributed by atoms with Gasteiger partial charge in [0, 0.05) is 12.1 Å². The summed E-state index contributed by atoms with van der Waals surface area (Å²) in [5, 5.41) is 3.10. The Morgan fingerprint density at radius 1 is 1.35 bits per heavy atom. The van der Waals surface area contributed by atoms with Crippen LogP contribution in [0.1, 0.15) is 50.6 Å². The molecule has 2 bridgehead atoms. The largest absolute Gasteiger partial charge is 0.398 e. The highest BCUT2D eigenvalue weighted by molar-refractivity contribution is 5.77. The quantitative estimate of drug-likeness (QED) is 0.826. The molecule has 0 heterocycles. The second kappa shape index (κ2) is 5.47. The first-order chi connectivity index (χ1) is 9.63. The highest BCUT2D eigenvalue weighted by Crippen LogP contribution is 2.49. The predicted octanol–water partition coefficient (Wildman–Crippen LogP) is 3.27. The van der Waals surface area contributed by atoms with E-state index in [1.807, 2.05) is 31.2 Å². The first kappa shape index (κ1) is 13.5. The van der Waals surface area contributed by atoms with E-state index in [0.717, 1.165) is 23.1 Å². The van der Waals surface area contributed by atoms with Crippen molar-refractivity contribution < 1.29 is 4.79 Å². The second-order valence-corrected chi connectivity index (χ2v) is 6.56. The Kier molecular flexibility index (Phi) is 3.68. The maximum absolute atomic E-state index is 12.2. The Balaban J connectivity index is 1.55. The van der Waals surface area contributed by atoms with Crippen molar-refractivity contribution in [2.24, 2.45) is 17.8 Å². The number of rotatable bonds is 4. The maximum atomic E-state index is 12.2. The van der Waals surface area contributed by atoms with Gasteiger partial charge in [-0.15, -0.1) is 0 Å². The molecule has 2 aliphatic rings. The van der Waals surface area contributed by atoms with Crippen LogP contribution in [0.2, 0.25) is 0 Å². The fraction of sp³-hybridized carbons (Fsp3) is 0.588. The minimum absolute atomic E-state index is 0.0118. The summed E-state index contributed by atoms with van der Waals surface area (Å²) in [4.78, 5) is 12.2. The molecule has 1 aromatic carbocycles. The van der Waals surface area contributed by atoms with Gasteiger partial charge in [-0.1, -0.05) is 24.6 Å². The van der Waals surface area contributed by atoms with E-state index >= 15 is 0 Å². The second-order valence-electron chi connectivity index (χ2n) is 6.56. The van der Waals surface area contributed by atoms with E-state index in [0.29, 0.717) is 12.3 Å². The normalized spacial score (nSPS) is 29.4. The predicted molar refractivity (Wildman–Crippen MR) is 81.0 cm³/mol. The van der Waals surface area contributed by atoms with E-state index in [9.17, 15) is 4.79 Å². The number of benzene rings is 1. The minimum atomic E-state index is -0.0118. The lowest BCUT2D eigenvalue weighted by Crippen LogP contribution is -2.30. The summed E-state index contributed by atoms with van der Waals surface area (Å²) < 4.78 is 0. The van der Waals surface area contributed by atoms with E-state index in [1.54, 1.807) is 0 Å². The summed E-state index contributed by atoms with van der Waals surface area (Å²) in [5.74, 6) is 2.51. The molecule has 3 rings (SSSR count). The SMILES string of the molecule is CC(NC(=O)CC1CC2CCC1C2)c1ccccc1N. The lowest BCUT2D eigenvalue weighted by atomic mass is 9.86. The number of anilines is 1. The smallest absolute Gasteiger partial charge is 0.220 e. The molecule has 0 spiro atoms. The fourth-order valence-corrected chi connectivity index (χ4v) is 4.15. The highest BCUT2D eigenvalue weighted by Gasteiger charge is 2.40. The molecule has 4 unspecified atom stereocenters. The van der Waals surface area contributed by atoms with Crippen molar-refractivity contribution in [1.82, 2.24) is 5.32 Å². The lowest BCUT2D eigenvalue weighted by molar-refractivity contribution is -0.123. The molecule has 20 heavy (non-hydrogen) atoms. The highest BCUT2D eigenvalue weighted by atomic mass is 16.1. The molecular weight excluding hydrogens is 248 g/mol. The zero-order valence-electron chi connectivity index (χ0n) is 12.1. The van der Waals surface area contributed by atoms with Crippen LogP contribution in [0.25, 0.3) is 0 Å². The van der Waals surface area contributed by atoms with Gasteiger partial charge in [0.15, 0.2) is 0 Å². The van der Waals surface area contributed by atoms with Crippen LogP contribution < -0.4 is 11.1 Å². The number of hydrogen-bond acceptors (Lipinski definition) is 2. The molecule has 3 N–H and O–H groups in total. The molecular formula is C17H24N2O. The van der Waals surface area contributed by atoms with Crippen molar-refractivity contribution in [3.8, 4) is 0 Å². The number of nitrogens with two attached hydrogens (primary N) is 1. The molecule has 1 aromatic rings. The van der Waals surface area contributed by atoms with Crippen LogP contribution in [0, 0.1) is 17.8 Å². The van der Waals surface area contributed by atoms with Gasteiger partial charge in [-0.25, -0.2) is 0 Å². The summed E-state index contributed by atoms with van der Waals surface area (Å²) in [6.45, 7) is 2.00. The average Bonchev–Trinajstić information content (AvgIpc) is 3.01. The Bertz CT molecular complexity index is 500. The molecule has 0 aliphatic heterocycles. The van der Waals surface area contributed by atoms with E-state index in [-0.39, 0.29) is 11.9 Å². The van der Waals surface area contributed by atoms with Crippen molar-refractivity contribution in [1.29, 1.82) is 0 Å². The first-order valence-electron chi connectivity index (χ1n) is 7.77. The zero-order valence-corrected chi connectivity index (χ0v) is 12.1. The number of hydrogen-bond donors (Lipinski definition) is 2. The maximum Gasteiger partial charge on any atom is 0.220 e. The van der Waals surface area contributed by atoms with Gasteiger partial charge in [-0.05, 0) is 55.6 Å². The van der Waals surface area contributed by atoms with Crippen molar-refractivity contribution >= 4 is 11.6 Å². The van der Waals surface area contributed by atoms with E-state index < -0.39 is 0 Å². The van der Waals surface area contributed by atoms with Gasteiger partial charge in [0.25, 0.3) is 0 Å². The van der Waals surface area contributed by atoms with E-state index in [2.05, 4.69) is 5.32 Å². The number of para-hydroxylation sites is 1. The average molecular weight is 272 g/mol. The Hall–Kier alpha value is -1.51. The summed E-state index contributed by atoms with van der Waals surface area (Å²) in [6.07, 6.45) is 6.04. The van der Waals surface area contributed by atoms with Crippen molar-refractivity contribution in [3.63, 3.8) is 0 Å². The number of amides is 1. The van der Waals surface area contributed by atoms with Crippen LogP contribution >= 0.6 is 0 Å². The van der Waals surface area contributed by atoms with Crippen LogP contribution in [-0.4, -0.2) is 5.91 Å². The van der Waals surface area contributed by atoms with Gasteiger partial charge >= 0.3 is 0 Å². The van der Waals surface area contributed by atoms with Crippen molar-refractivity contribution in [2.45, 2.75) is 45.1 Å². The molecule has 0 radical (unpaired) electrons. The summed E-state index contributed by atoms with van der Waals surface area (Å²) >= 11 is 0. The number of nitrogens with one attached hydrogen (secondary N) is 1. The van der Waals surface area contributed by atoms with Gasteiger partial charge in [0.05, 0.1) is 6.04 Å². The van der Waals surface area contributed by atoms with Crippen molar-refractivity contribution in [3.05, 3.63) is 29.8 Å². The molecule has 2 saturated carbocycles.